The highest BCUT2D eigenvalue weighted by Gasteiger charge is 2.17. The molecule has 0 amide bonds. The fraction of sp³-hybridized carbons (Fsp3) is 0.300. The molecule has 110 valence electrons. The molecule has 0 aliphatic carbocycles. The molecule has 0 aliphatic heterocycles. The summed E-state index contributed by atoms with van der Waals surface area (Å²) in [7, 11) is 0. The van der Waals surface area contributed by atoms with Crippen molar-refractivity contribution >= 4 is 0 Å². The van der Waals surface area contributed by atoms with E-state index in [2.05, 4.69) is 63.3 Å². The molecule has 0 radical (unpaired) electrons. The largest absolute Gasteiger partial charge is 0.489 e. The standard InChI is InChI=1S/C20H24O/c1-4-5-14-20(2,3)18-12-9-13-19(15-18)21-16-17-10-7-6-8-11-17/h5-15H,4,16H2,1-3H3. The van der Waals surface area contributed by atoms with E-state index in [9.17, 15) is 0 Å². The van der Waals surface area contributed by atoms with Gasteiger partial charge in [-0.3, -0.25) is 0 Å². The van der Waals surface area contributed by atoms with Crippen molar-refractivity contribution in [2.75, 3.05) is 0 Å². The van der Waals surface area contributed by atoms with Crippen LogP contribution in [0.25, 0.3) is 0 Å². The minimum atomic E-state index is 0.0299. The SMILES string of the molecule is CCC=CC(C)(C)c1cccc(OCc2ccccc2)c1. The van der Waals surface area contributed by atoms with Gasteiger partial charge < -0.3 is 4.74 Å². The average molecular weight is 280 g/mol. The normalized spacial score (nSPS) is 11.8. The third kappa shape index (κ3) is 4.49. The first-order chi connectivity index (χ1) is 10.1. The molecule has 2 aromatic carbocycles. The second-order valence-corrected chi connectivity index (χ2v) is 5.83. The van der Waals surface area contributed by atoms with Gasteiger partial charge >= 0.3 is 0 Å². The van der Waals surface area contributed by atoms with Gasteiger partial charge in [0.1, 0.15) is 12.4 Å². The Morgan fingerprint density at radius 2 is 1.76 bits per heavy atom. The molecule has 0 bridgehead atoms. The van der Waals surface area contributed by atoms with Crippen LogP contribution in [-0.2, 0) is 12.0 Å². The zero-order chi connectivity index (χ0) is 15.1. The molecule has 0 spiro atoms. The number of ether oxygens (including phenoxy) is 1. The molecule has 21 heavy (non-hydrogen) atoms. The van der Waals surface area contributed by atoms with Crippen molar-refractivity contribution < 1.29 is 4.74 Å². The summed E-state index contributed by atoms with van der Waals surface area (Å²) >= 11 is 0. The van der Waals surface area contributed by atoms with Crippen LogP contribution in [0.2, 0.25) is 0 Å². The Labute approximate surface area is 128 Å². The topological polar surface area (TPSA) is 9.23 Å². The molecule has 0 unspecified atom stereocenters. The Kier molecular flexibility index (Phi) is 5.21. The summed E-state index contributed by atoms with van der Waals surface area (Å²) in [5.41, 5.74) is 2.49. The lowest BCUT2D eigenvalue weighted by Crippen LogP contribution is -2.13. The van der Waals surface area contributed by atoms with Crippen LogP contribution < -0.4 is 4.74 Å². The van der Waals surface area contributed by atoms with Crippen molar-refractivity contribution in [3.8, 4) is 5.75 Å². The smallest absolute Gasteiger partial charge is 0.120 e. The molecule has 0 fully saturated rings. The van der Waals surface area contributed by atoms with Crippen molar-refractivity contribution in [1.29, 1.82) is 0 Å². The van der Waals surface area contributed by atoms with E-state index in [1.54, 1.807) is 0 Å². The van der Waals surface area contributed by atoms with Crippen LogP contribution in [0.3, 0.4) is 0 Å². The maximum Gasteiger partial charge on any atom is 0.120 e. The number of allylic oxidation sites excluding steroid dienone is 2. The van der Waals surface area contributed by atoms with Crippen LogP contribution >= 0.6 is 0 Å². The van der Waals surface area contributed by atoms with Crippen LogP contribution in [-0.4, -0.2) is 0 Å². The lowest BCUT2D eigenvalue weighted by molar-refractivity contribution is 0.305. The molecule has 1 nitrogen and oxygen atoms in total. The van der Waals surface area contributed by atoms with Crippen LogP contribution in [0, 0.1) is 0 Å². The van der Waals surface area contributed by atoms with E-state index in [1.807, 2.05) is 24.3 Å². The Morgan fingerprint density at radius 3 is 2.48 bits per heavy atom. The van der Waals surface area contributed by atoms with Crippen molar-refractivity contribution in [3.63, 3.8) is 0 Å². The first-order valence-electron chi connectivity index (χ1n) is 7.57. The summed E-state index contributed by atoms with van der Waals surface area (Å²) in [5.74, 6) is 0.925. The first kappa shape index (κ1) is 15.4. The number of hydrogen-bond donors (Lipinski definition) is 0. The van der Waals surface area contributed by atoms with E-state index in [1.165, 1.54) is 11.1 Å². The fourth-order valence-corrected chi connectivity index (χ4v) is 2.24. The first-order valence-corrected chi connectivity index (χ1v) is 7.57. The maximum atomic E-state index is 5.91. The van der Waals surface area contributed by atoms with E-state index < -0.39 is 0 Å². The molecule has 0 N–H and O–H groups in total. The van der Waals surface area contributed by atoms with Gasteiger partial charge in [0.05, 0.1) is 0 Å². The van der Waals surface area contributed by atoms with Crippen molar-refractivity contribution in [2.24, 2.45) is 0 Å². The zero-order valence-corrected chi connectivity index (χ0v) is 13.2. The summed E-state index contributed by atoms with van der Waals surface area (Å²) < 4.78 is 5.91. The molecular weight excluding hydrogens is 256 g/mol. The Morgan fingerprint density at radius 1 is 1.00 bits per heavy atom. The highest BCUT2D eigenvalue weighted by atomic mass is 16.5. The van der Waals surface area contributed by atoms with Crippen molar-refractivity contribution in [1.82, 2.24) is 0 Å². The van der Waals surface area contributed by atoms with E-state index in [4.69, 9.17) is 4.74 Å². The molecule has 2 rings (SSSR count). The minimum absolute atomic E-state index is 0.0299. The van der Waals surface area contributed by atoms with Gasteiger partial charge in [0.15, 0.2) is 0 Å². The third-order valence-corrected chi connectivity index (χ3v) is 3.60. The maximum absolute atomic E-state index is 5.91. The number of benzene rings is 2. The minimum Gasteiger partial charge on any atom is -0.489 e. The number of rotatable bonds is 6. The quantitative estimate of drug-likeness (QED) is 0.634. The van der Waals surface area contributed by atoms with Gasteiger partial charge in [0, 0.05) is 5.41 Å². The van der Waals surface area contributed by atoms with Crippen LogP contribution in [0.4, 0.5) is 0 Å². The Balaban J connectivity index is 2.09. The average Bonchev–Trinajstić information content (AvgIpc) is 2.52. The summed E-state index contributed by atoms with van der Waals surface area (Å²) in [4.78, 5) is 0. The van der Waals surface area contributed by atoms with E-state index >= 15 is 0 Å². The second-order valence-electron chi connectivity index (χ2n) is 5.83. The fourth-order valence-electron chi connectivity index (χ4n) is 2.24. The van der Waals surface area contributed by atoms with Gasteiger partial charge in [-0.25, -0.2) is 0 Å². The molecule has 0 saturated carbocycles. The molecule has 0 aromatic heterocycles. The van der Waals surface area contributed by atoms with Gasteiger partial charge in [0.25, 0.3) is 0 Å². The molecule has 0 heterocycles. The van der Waals surface area contributed by atoms with Gasteiger partial charge in [-0.2, -0.15) is 0 Å². The van der Waals surface area contributed by atoms with Crippen LogP contribution in [0.15, 0.2) is 66.7 Å². The molecule has 1 heteroatoms. The Hall–Kier alpha value is -2.02. The van der Waals surface area contributed by atoms with E-state index in [0.29, 0.717) is 6.61 Å². The Bertz CT molecular complexity index is 582. The summed E-state index contributed by atoms with van der Waals surface area (Å²) in [6.45, 7) is 7.23. The predicted molar refractivity (Wildman–Crippen MR) is 89.7 cm³/mol. The summed E-state index contributed by atoms with van der Waals surface area (Å²) in [6.07, 6.45) is 5.55. The highest BCUT2D eigenvalue weighted by Crippen LogP contribution is 2.28. The number of hydrogen-bond acceptors (Lipinski definition) is 1. The predicted octanol–water partition coefficient (Wildman–Crippen LogP) is 5.51. The van der Waals surface area contributed by atoms with E-state index in [0.717, 1.165) is 12.2 Å². The molecular formula is C20H24O. The summed E-state index contributed by atoms with van der Waals surface area (Å²) in [6, 6.07) is 18.6. The third-order valence-electron chi connectivity index (χ3n) is 3.60. The highest BCUT2D eigenvalue weighted by molar-refractivity contribution is 5.36. The summed E-state index contributed by atoms with van der Waals surface area (Å²) in [5, 5.41) is 0. The van der Waals surface area contributed by atoms with Gasteiger partial charge in [-0.15, -0.1) is 0 Å². The lowest BCUT2D eigenvalue weighted by atomic mass is 9.84. The van der Waals surface area contributed by atoms with Gasteiger partial charge in [-0.05, 0) is 29.7 Å². The van der Waals surface area contributed by atoms with Crippen molar-refractivity contribution in [2.45, 2.75) is 39.2 Å². The van der Waals surface area contributed by atoms with Crippen LogP contribution in [0.1, 0.15) is 38.3 Å². The second kappa shape index (κ2) is 7.12. The molecule has 0 aliphatic rings. The van der Waals surface area contributed by atoms with E-state index in [-0.39, 0.29) is 5.41 Å². The van der Waals surface area contributed by atoms with Gasteiger partial charge in [-0.1, -0.05) is 75.4 Å². The molecule has 0 saturated heterocycles. The zero-order valence-electron chi connectivity index (χ0n) is 13.2. The lowest BCUT2D eigenvalue weighted by Gasteiger charge is -2.21. The monoisotopic (exact) mass is 280 g/mol. The molecule has 0 atom stereocenters. The van der Waals surface area contributed by atoms with Gasteiger partial charge in [0.2, 0.25) is 0 Å². The van der Waals surface area contributed by atoms with Crippen LogP contribution in [0.5, 0.6) is 5.75 Å². The van der Waals surface area contributed by atoms with Crippen molar-refractivity contribution in [3.05, 3.63) is 77.9 Å². The molecule has 2 aromatic rings.